The number of nitrogens with one attached hydrogen (secondary N) is 1. The van der Waals surface area contributed by atoms with Crippen LogP contribution in [0.4, 0.5) is 5.69 Å². The monoisotopic (exact) mass is 316 g/mol. The van der Waals surface area contributed by atoms with E-state index in [1.165, 1.54) is 57.8 Å². The van der Waals surface area contributed by atoms with E-state index >= 15 is 0 Å². The van der Waals surface area contributed by atoms with Gasteiger partial charge >= 0.3 is 0 Å². The summed E-state index contributed by atoms with van der Waals surface area (Å²) in [5.41, 5.74) is 0.904. The fourth-order valence-corrected chi connectivity index (χ4v) is 2.64. The van der Waals surface area contributed by atoms with Crippen LogP contribution in [-0.4, -0.2) is 13.2 Å². The number of benzene rings is 1. The van der Waals surface area contributed by atoms with E-state index in [-0.39, 0.29) is 0 Å². The average Bonchev–Trinajstić information content (AvgIpc) is 2.58. The molecule has 0 radical (unpaired) electrons. The van der Waals surface area contributed by atoms with Crippen molar-refractivity contribution in [3.8, 4) is 11.8 Å². The molecule has 0 heterocycles. The maximum Gasteiger partial charge on any atom is 0.142 e. The number of hydrogen-bond acceptors (Lipinski definition) is 3. The summed E-state index contributed by atoms with van der Waals surface area (Å²) >= 11 is 0. The van der Waals surface area contributed by atoms with E-state index in [2.05, 4.69) is 18.3 Å². The average molecular weight is 316 g/mol. The Bertz CT molecular complexity index is 440. The van der Waals surface area contributed by atoms with Crippen LogP contribution in [0.3, 0.4) is 0 Å². The number of ether oxygens (including phenoxy) is 1. The van der Waals surface area contributed by atoms with Crippen LogP contribution in [0, 0.1) is 11.3 Å². The topological polar surface area (TPSA) is 45.0 Å². The molecule has 1 N–H and O–H groups in total. The molecule has 1 aromatic rings. The van der Waals surface area contributed by atoms with Crippen LogP contribution in [0.5, 0.6) is 5.75 Å². The van der Waals surface area contributed by atoms with Crippen molar-refractivity contribution in [3.05, 3.63) is 24.3 Å². The highest BCUT2D eigenvalue weighted by molar-refractivity contribution is 5.56. The number of nitrogens with zero attached hydrogens (tertiary/aromatic N) is 1. The second-order valence-electron chi connectivity index (χ2n) is 6.04. The number of para-hydroxylation sites is 2. The lowest BCUT2D eigenvalue weighted by atomic mass is 10.1. The summed E-state index contributed by atoms with van der Waals surface area (Å²) in [4.78, 5) is 0. The van der Waals surface area contributed by atoms with Gasteiger partial charge in [-0.05, 0) is 18.6 Å². The first-order valence-corrected chi connectivity index (χ1v) is 9.21. The minimum atomic E-state index is 0.304. The fraction of sp³-hybridized carbons (Fsp3) is 0.650. The van der Waals surface area contributed by atoms with E-state index in [9.17, 15) is 0 Å². The van der Waals surface area contributed by atoms with Gasteiger partial charge in [0.1, 0.15) is 12.3 Å². The third kappa shape index (κ3) is 9.84. The van der Waals surface area contributed by atoms with Crippen molar-refractivity contribution in [1.29, 1.82) is 5.26 Å². The van der Waals surface area contributed by atoms with Gasteiger partial charge in [0, 0.05) is 0 Å². The molecule has 0 aliphatic carbocycles. The molecule has 0 saturated carbocycles. The standard InChI is InChI=1S/C20H32N2O/c1-2-3-4-5-6-7-8-9-10-13-18-23-20-15-12-11-14-19(20)22-17-16-21/h11-12,14-15,22H,2-10,13,17-18H2,1H3. The molecule has 3 heteroatoms. The second kappa shape index (κ2) is 13.9. The van der Waals surface area contributed by atoms with E-state index in [0.29, 0.717) is 6.54 Å². The van der Waals surface area contributed by atoms with E-state index < -0.39 is 0 Å². The largest absolute Gasteiger partial charge is 0.491 e. The van der Waals surface area contributed by atoms with Gasteiger partial charge in [0.25, 0.3) is 0 Å². The third-order valence-electron chi connectivity index (χ3n) is 4.00. The first kappa shape index (κ1) is 19.4. The van der Waals surface area contributed by atoms with Gasteiger partial charge in [-0.15, -0.1) is 0 Å². The summed E-state index contributed by atoms with van der Waals surface area (Å²) < 4.78 is 5.83. The molecule has 0 spiro atoms. The van der Waals surface area contributed by atoms with E-state index in [1.54, 1.807) is 0 Å². The summed E-state index contributed by atoms with van der Waals surface area (Å²) in [5.74, 6) is 0.846. The predicted molar refractivity (Wildman–Crippen MR) is 97.9 cm³/mol. The molecular weight excluding hydrogens is 284 g/mol. The Kier molecular flexibility index (Phi) is 11.7. The Morgan fingerprint density at radius 2 is 1.52 bits per heavy atom. The van der Waals surface area contributed by atoms with Crippen molar-refractivity contribution in [3.63, 3.8) is 0 Å². The maximum atomic E-state index is 8.64. The number of anilines is 1. The molecule has 128 valence electrons. The Morgan fingerprint density at radius 1 is 0.913 bits per heavy atom. The Morgan fingerprint density at radius 3 is 2.17 bits per heavy atom. The quantitative estimate of drug-likeness (QED) is 0.342. The normalized spacial score (nSPS) is 10.3. The molecule has 0 saturated heterocycles. The zero-order valence-corrected chi connectivity index (χ0v) is 14.7. The van der Waals surface area contributed by atoms with Crippen molar-refractivity contribution in [2.24, 2.45) is 0 Å². The SMILES string of the molecule is CCCCCCCCCCCCOc1ccccc1NCC#N. The van der Waals surface area contributed by atoms with Crippen LogP contribution in [0.15, 0.2) is 24.3 Å². The third-order valence-corrected chi connectivity index (χ3v) is 4.00. The van der Waals surface area contributed by atoms with Gasteiger partial charge in [-0.25, -0.2) is 0 Å². The summed E-state index contributed by atoms with van der Waals surface area (Å²) in [6.07, 6.45) is 13.3. The zero-order chi connectivity index (χ0) is 16.6. The van der Waals surface area contributed by atoms with Crippen LogP contribution in [0.1, 0.15) is 71.1 Å². The Labute approximate surface area is 142 Å². The van der Waals surface area contributed by atoms with Gasteiger partial charge in [-0.2, -0.15) is 5.26 Å². The lowest BCUT2D eigenvalue weighted by Gasteiger charge is -2.11. The summed E-state index contributed by atoms with van der Waals surface area (Å²) in [6, 6.07) is 9.91. The van der Waals surface area contributed by atoms with Crippen molar-refractivity contribution in [2.75, 3.05) is 18.5 Å². The smallest absolute Gasteiger partial charge is 0.142 e. The van der Waals surface area contributed by atoms with Crippen LogP contribution in [-0.2, 0) is 0 Å². The van der Waals surface area contributed by atoms with Crippen LogP contribution >= 0.6 is 0 Å². The Hall–Kier alpha value is -1.69. The molecule has 3 nitrogen and oxygen atoms in total. The fourth-order valence-electron chi connectivity index (χ4n) is 2.64. The van der Waals surface area contributed by atoms with Gasteiger partial charge < -0.3 is 10.1 Å². The first-order valence-electron chi connectivity index (χ1n) is 9.21. The minimum absolute atomic E-state index is 0.304. The lowest BCUT2D eigenvalue weighted by Crippen LogP contribution is -2.03. The molecule has 0 unspecified atom stereocenters. The molecule has 0 bridgehead atoms. The van der Waals surface area contributed by atoms with Gasteiger partial charge in [0.05, 0.1) is 18.4 Å². The second-order valence-corrected chi connectivity index (χ2v) is 6.04. The molecule has 0 fully saturated rings. The van der Waals surface area contributed by atoms with Crippen molar-refractivity contribution < 1.29 is 4.74 Å². The molecule has 23 heavy (non-hydrogen) atoms. The molecule has 0 aliphatic heterocycles. The van der Waals surface area contributed by atoms with E-state index in [0.717, 1.165) is 24.5 Å². The lowest BCUT2D eigenvalue weighted by molar-refractivity contribution is 0.305. The van der Waals surface area contributed by atoms with Gasteiger partial charge in [0.15, 0.2) is 0 Å². The van der Waals surface area contributed by atoms with Crippen molar-refractivity contribution in [2.45, 2.75) is 71.1 Å². The molecule has 0 aliphatic rings. The Balaban J connectivity index is 2.02. The highest BCUT2D eigenvalue weighted by atomic mass is 16.5. The summed E-state index contributed by atoms with van der Waals surface area (Å²) in [6.45, 7) is 3.32. The van der Waals surface area contributed by atoms with Gasteiger partial charge in [-0.3, -0.25) is 0 Å². The van der Waals surface area contributed by atoms with E-state index in [1.807, 2.05) is 24.3 Å². The molecule has 0 atom stereocenters. The van der Waals surface area contributed by atoms with Gasteiger partial charge in [0.2, 0.25) is 0 Å². The minimum Gasteiger partial charge on any atom is -0.491 e. The number of hydrogen-bond donors (Lipinski definition) is 1. The molecule has 1 rings (SSSR count). The highest BCUT2D eigenvalue weighted by Crippen LogP contribution is 2.23. The molecule has 0 aromatic heterocycles. The zero-order valence-electron chi connectivity index (χ0n) is 14.7. The van der Waals surface area contributed by atoms with E-state index in [4.69, 9.17) is 10.00 Å². The predicted octanol–water partition coefficient (Wildman–Crippen LogP) is 5.92. The van der Waals surface area contributed by atoms with Crippen molar-refractivity contribution >= 4 is 5.69 Å². The highest BCUT2D eigenvalue weighted by Gasteiger charge is 2.01. The van der Waals surface area contributed by atoms with Crippen LogP contribution < -0.4 is 10.1 Å². The molecule has 0 amide bonds. The van der Waals surface area contributed by atoms with Crippen LogP contribution in [0.2, 0.25) is 0 Å². The van der Waals surface area contributed by atoms with Crippen molar-refractivity contribution in [1.82, 2.24) is 0 Å². The summed E-state index contributed by atoms with van der Waals surface area (Å²) in [5, 5.41) is 11.7. The number of nitriles is 1. The first-order chi connectivity index (χ1) is 11.4. The van der Waals surface area contributed by atoms with Gasteiger partial charge in [-0.1, -0.05) is 76.8 Å². The maximum absolute atomic E-state index is 8.64. The number of unbranched alkanes of at least 4 members (excludes halogenated alkanes) is 9. The molecular formula is C20H32N2O. The number of rotatable bonds is 14. The summed E-state index contributed by atoms with van der Waals surface area (Å²) in [7, 11) is 0. The molecule has 1 aromatic carbocycles. The van der Waals surface area contributed by atoms with Crippen LogP contribution in [0.25, 0.3) is 0 Å².